The van der Waals surface area contributed by atoms with Gasteiger partial charge in [0, 0.05) is 18.7 Å². The number of fused-ring (bicyclic) bond motifs is 5. The first-order chi connectivity index (χ1) is 14.8. The maximum absolute atomic E-state index is 12.2. The van der Waals surface area contributed by atoms with Crippen LogP contribution in [0.15, 0.2) is 0 Å². The fourth-order valence-electron chi connectivity index (χ4n) is 9.11. The lowest BCUT2D eigenvalue weighted by atomic mass is 9.44. The van der Waals surface area contributed by atoms with Gasteiger partial charge in [-0.2, -0.15) is 0 Å². The van der Waals surface area contributed by atoms with E-state index in [2.05, 4.69) is 26.1 Å². The van der Waals surface area contributed by atoms with Crippen LogP contribution in [0, 0.1) is 46.3 Å². The Morgan fingerprint density at radius 1 is 1.10 bits per heavy atom. The lowest BCUT2D eigenvalue weighted by molar-refractivity contribution is -0.164. The van der Waals surface area contributed by atoms with Gasteiger partial charge in [0.15, 0.2) is 0 Å². The van der Waals surface area contributed by atoms with E-state index in [4.69, 9.17) is 4.55 Å². The first-order valence-corrected chi connectivity index (χ1v) is 14.0. The van der Waals surface area contributed by atoms with E-state index in [1.165, 1.54) is 51.4 Å². The molecular weight excluding hydrogens is 406 g/mol. The molecule has 0 aromatic rings. The molecule has 4 fully saturated rings. The number of nitrogens with one attached hydrogen (secondary N) is 1. The van der Waals surface area contributed by atoms with Crippen molar-refractivity contribution in [2.75, 3.05) is 12.3 Å². The van der Waals surface area contributed by atoms with E-state index in [0.29, 0.717) is 59.1 Å². The maximum Gasteiger partial charge on any atom is 0.220 e. The minimum Gasteiger partial charge on any atom is -0.393 e. The van der Waals surface area contributed by atoms with E-state index in [9.17, 15) is 9.90 Å². The molecule has 0 aromatic carbocycles. The highest BCUT2D eigenvalue weighted by Gasteiger charge is 2.62. The van der Waals surface area contributed by atoms with Gasteiger partial charge in [-0.15, -0.1) is 0 Å². The summed E-state index contributed by atoms with van der Waals surface area (Å²) in [5.74, 6) is 4.48. The summed E-state index contributed by atoms with van der Waals surface area (Å²) in [6.45, 7) is 8.00. The van der Waals surface area contributed by atoms with E-state index in [-0.39, 0.29) is 12.0 Å². The SMILES string of the molecule is CC(CCC(=O)NCCSO)C1CCC2C3C(O)CC4CCCCC4(C)C3CCC12C. The molecule has 0 spiro atoms. The van der Waals surface area contributed by atoms with Crippen LogP contribution in [0.2, 0.25) is 0 Å². The summed E-state index contributed by atoms with van der Waals surface area (Å²) in [6.07, 6.45) is 13.1. The van der Waals surface area contributed by atoms with Gasteiger partial charge in [0.1, 0.15) is 0 Å². The minimum absolute atomic E-state index is 0.102. The highest BCUT2D eigenvalue weighted by molar-refractivity contribution is 7.93. The van der Waals surface area contributed by atoms with Gasteiger partial charge in [-0.3, -0.25) is 4.79 Å². The molecule has 4 saturated carbocycles. The minimum atomic E-state index is -0.102. The van der Waals surface area contributed by atoms with Gasteiger partial charge in [-0.05, 0) is 110 Å². The Kier molecular flexibility index (Phi) is 7.35. The maximum atomic E-state index is 12.2. The summed E-state index contributed by atoms with van der Waals surface area (Å²) in [7, 11) is 0. The Morgan fingerprint density at radius 3 is 2.65 bits per heavy atom. The second kappa shape index (κ2) is 9.54. The first-order valence-electron chi connectivity index (χ1n) is 13.0. The molecule has 9 unspecified atom stereocenters. The summed E-state index contributed by atoms with van der Waals surface area (Å²) < 4.78 is 8.81. The lowest BCUT2D eigenvalue weighted by Crippen LogP contribution is -2.57. The number of aliphatic hydroxyl groups excluding tert-OH is 1. The summed E-state index contributed by atoms with van der Waals surface area (Å²) in [5.41, 5.74) is 0.779. The number of amides is 1. The van der Waals surface area contributed by atoms with E-state index in [1.54, 1.807) is 0 Å². The van der Waals surface area contributed by atoms with Crippen molar-refractivity contribution in [3.63, 3.8) is 0 Å². The highest BCUT2D eigenvalue weighted by Crippen LogP contribution is 2.68. The second-order valence-electron chi connectivity index (χ2n) is 12.0. The topological polar surface area (TPSA) is 69.6 Å². The molecule has 31 heavy (non-hydrogen) atoms. The van der Waals surface area contributed by atoms with E-state index in [0.717, 1.165) is 30.8 Å². The highest BCUT2D eigenvalue weighted by atomic mass is 32.2. The van der Waals surface area contributed by atoms with Crippen LogP contribution in [0.1, 0.15) is 91.4 Å². The monoisotopic (exact) mass is 451 g/mol. The van der Waals surface area contributed by atoms with Crippen molar-refractivity contribution in [1.82, 2.24) is 5.32 Å². The molecule has 4 aliphatic rings. The van der Waals surface area contributed by atoms with Gasteiger partial charge in [0.05, 0.1) is 6.10 Å². The van der Waals surface area contributed by atoms with Crippen LogP contribution in [0.3, 0.4) is 0 Å². The van der Waals surface area contributed by atoms with Gasteiger partial charge < -0.3 is 15.0 Å². The second-order valence-corrected chi connectivity index (χ2v) is 12.6. The molecular formula is C26H45NO3S. The Labute approximate surface area is 193 Å². The van der Waals surface area contributed by atoms with Gasteiger partial charge in [-0.1, -0.05) is 33.6 Å². The van der Waals surface area contributed by atoms with Crippen molar-refractivity contribution in [3.05, 3.63) is 0 Å². The molecule has 0 aromatic heterocycles. The van der Waals surface area contributed by atoms with Gasteiger partial charge in [-0.25, -0.2) is 0 Å². The molecule has 0 heterocycles. The molecule has 178 valence electrons. The third kappa shape index (κ3) is 4.33. The zero-order valence-corrected chi connectivity index (χ0v) is 20.8. The molecule has 0 bridgehead atoms. The molecule has 4 rings (SSSR count). The smallest absolute Gasteiger partial charge is 0.220 e. The average Bonchev–Trinajstić information content (AvgIpc) is 3.10. The van der Waals surface area contributed by atoms with Gasteiger partial charge in [0.25, 0.3) is 0 Å². The number of rotatable bonds is 7. The van der Waals surface area contributed by atoms with Crippen LogP contribution < -0.4 is 5.32 Å². The molecule has 0 saturated heterocycles. The number of aliphatic hydroxyl groups is 1. The fraction of sp³-hybridized carbons (Fsp3) is 0.962. The normalized spacial score (nSPS) is 45.3. The third-order valence-electron chi connectivity index (χ3n) is 10.7. The number of hydrogen-bond donors (Lipinski definition) is 3. The largest absolute Gasteiger partial charge is 0.393 e. The number of hydrogen-bond acceptors (Lipinski definition) is 4. The standard InChI is InChI=1S/C26H45NO3S/c1-17(7-10-23(29)27-14-15-31-30)19-8-9-20-24-21(11-13-26(19,20)3)25(2)12-5-4-6-18(25)16-22(24)28/h17-22,24,28,30H,4-16H2,1-3H3,(H,27,29). The fourth-order valence-corrected chi connectivity index (χ4v) is 9.31. The quantitative estimate of drug-likeness (QED) is 0.341. The predicted octanol–water partition coefficient (Wildman–Crippen LogP) is 5.74. The zero-order chi connectivity index (χ0) is 22.2. The Bertz CT molecular complexity index is 644. The molecule has 1 amide bonds. The average molecular weight is 452 g/mol. The van der Waals surface area contributed by atoms with Crippen LogP contribution in [0.4, 0.5) is 0 Å². The van der Waals surface area contributed by atoms with Crippen LogP contribution in [-0.2, 0) is 4.79 Å². The number of carbonyl (C=O) groups is 1. The Hall–Kier alpha value is -0.260. The third-order valence-corrected chi connectivity index (χ3v) is 11.1. The molecule has 0 radical (unpaired) electrons. The van der Waals surface area contributed by atoms with Gasteiger partial charge in [0.2, 0.25) is 5.91 Å². The number of carbonyl (C=O) groups excluding carboxylic acids is 1. The summed E-state index contributed by atoms with van der Waals surface area (Å²) in [5, 5.41) is 14.3. The van der Waals surface area contributed by atoms with Crippen LogP contribution in [-0.4, -0.2) is 34.0 Å². The summed E-state index contributed by atoms with van der Waals surface area (Å²) in [6, 6.07) is 0. The van der Waals surface area contributed by atoms with Crippen LogP contribution in [0.25, 0.3) is 0 Å². The molecule has 5 heteroatoms. The van der Waals surface area contributed by atoms with Crippen molar-refractivity contribution >= 4 is 17.9 Å². The Morgan fingerprint density at radius 2 is 1.87 bits per heavy atom. The first kappa shape index (κ1) is 23.9. The van der Waals surface area contributed by atoms with Crippen molar-refractivity contribution in [3.8, 4) is 0 Å². The summed E-state index contributed by atoms with van der Waals surface area (Å²) >= 11 is 0.781. The van der Waals surface area contributed by atoms with Gasteiger partial charge >= 0.3 is 0 Å². The predicted molar refractivity (Wildman–Crippen MR) is 128 cm³/mol. The van der Waals surface area contributed by atoms with Crippen molar-refractivity contribution in [2.45, 2.75) is 97.5 Å². The lowest BCUT2D eigenvalue weighted by Gasteiger charge is -2.62. The molecule has 3 N–H and O–H groups in total. The molecule has 4 nitrogen and oxygen atoms in total. The van der Waals surface area contributed by atoms with E-state index in [1.807, 2.05) is 0 Å². The molecule has 4 aliphatic carbocycles. The molecule has 9 atom stereocenters. The van der Waals surface area contributed by atoms with E-state index < -0.39 is 0 Å². The molecule has 0 aliphatic heterocycles. The van der Waals surface area contributed by atoms with Crippen molar-refractivity contribution < 1.29 is 14.5 Å². The summed E-state index contributed by atoms with van der Waals surface area (Å²) in [4.78, 5) is 12.2. The van der Waals surface area contributed by atoms with Crippen molar-refractivity contribution in [1.29, 1.82) is 0 Å². The van der Waals surface area contributed by atoms with Crippen molar-refractivity contribution in [2.24, 2.45) is 46.3 Å². The van der Waals surface area contributed by atoms with Crippen LogP contribution in [0.5, 0.6) is 0 Å². The zero-order valence-electron chi connectivity index (χ0n) is 19.9. The van der Waals surface area contributed by atoms with E-state index >= 15 is 0 Å². The Balaban J connectivity index is 1.42. The van der Waals surface area contributed by atoms with Crippen LogP contribution >= 0.6 is 12.0 Å².